The van der Waals surface area contributed by atoms with Gasteiger partial charge in [0.2, 0.25) is 5.91 Å². The molecule has 186 valence electrons. The van der Waals surface area contributed by atoms with Gasteiger partial charge in [-0.1, -0.05) is 26.0 Å². The van der Waals surface area contributed by atoms with Crippen LogP contribution in [0, 0.1) is 5.92 Å². The minimum Gasteiger partial charge on any atom is -0.383 e. The van der Waals surface area contributed by atoms with Crippen LogP contribution in [0.4, 0.5) is 5.69 Å². The van der Waals surface area contributed by atoms with Gasteiger partial charge in [0, 0.05) is 81.0 Å². The van der Waals surface area contributed by atoms with Crippen molar-refractivity contribution >= 4 is 11.6 Å². The summed E-state index contributed by atoms with van der Waals surface area (Å²) in [5.74, 6) is 0.668. The number of fused-ring (bicyclic) bond motifs is 1. The highest BCUT2D eigenvalue weighted by Gasteiger charge is 2.31. The Kier molecular flexibility index (Phi) is 6.69. The Morgan fingerprint density at radius 1 is 1.31 bits per heavy atom. The van der Waals surface area contributed by atoms with E-state index < -0.39 is 0 Å². The Bertz CT molecular complexity index is 1140. The molecule has 1 N–H and O–H groups in total. The first-order valence-corrected chi connectivity index (χ1v) is 12.8. The third-order valence-corrected chi connectivity index (χ3v) is 7.71. The Labute approximate surface area is 208 Å². The first-order valence-electron chi connectivity index (χ1n) is 12.8. The summed E-state index contributed by atoms with van der Waals surface area (Å²) in [5, 5.41) is 8.10. The molecule has 5 rings (SSSR count). The van der Waals surface area contributed by atoms with Crippen LogP contribution in [0.3, 0.4) is 0 Å². The lowest BCUT2D eigenvalue weighted by Gasteiger charge is -2.40. The first-order chi connectivity index (χ1) is 16.9. The fourth-order valence-corrected chi connectivity index (χ4v) is 5.54. The SMILES string of the molecule is C=C(C1=C(NC2CCOC2)CCN(C(C)=O)C1)N1CC(CC)Cc2cc(-c3cnn(C)c3)ccc21. The number of nitrogens with zero attached hydrogens (tertiary/aromatic N) is 4. The summed E-state index contributed by atoms with van der Waals surface area (Å²) < 4.78 is 7.45. The number of hydrogen-bond donors (Lipinski definition) is 1. The van der Waals surface area contributed by atoms with Gasteiger partial charge in [-0.3, -0.25) is 9.48 Å². The van der Waals surface area contributed by atoms with Crippen LogP contribution in [-0.2, 0) is 23.0 Å². The number of aromatic nitrogens is 2. The summed E-state index contributed by atoms with van der Waals surface area (Å²) in [6.45, 7) is 12.4. The van der Waals surface area contributed by atoms with E-state index in [0.717, 1.165) is 68.8 Å². The molecule has 3 aliphatic rings. The Balaban J connectivity index is 1.49. The average Bonchev–Trinajstić information content (AvgIpc) is 3.54. The maximum Gasteiger partial charge on any atom is 0.219 e. The lowest BCUT2D eigenvalue weighted by atomic mass is 9.88. The lowest BCUT2D eigenvalue weighted by Crippen LogP contribution is -2.43. The minimum atomic E-state index is 0.116. The summed E-state index contributed by atoms with van der Waals surface area (Å²) in [7, 11) is 1.95. The molecule has 1 amide bonds. The molecule has 7 nitrogen and oxygen atoms in total. The highest BCUT2D eigenvalue weighted by molar-refractivity contribution is 5.75. The topological polar surface area (TPSA) is 62.6 Å². The molecule has 2 atom stereocenters. The van der Waals surface area contributed by atoms with Crippen molar-refractivity contribution in [2.75, 3.05) is 37.7 Å². The molecular weight excluding hydrogens is 438 g/mol. The fraction of sp³-hybridized carbons (Fsp3) is 0.500. The lowest BCUT2D eigenvalue weighted by molar-refractivity contribution is -0.128. The Hall–Kier alpha value is -3.06. The van der Waals surface area contributed by atoms with Gasteiger partial charge in [-0.2, -0.15) is 5.10 Å². The molecule has 0 radical (unpaired) electrons. The summed E-state index contributed by atoms with van der Waals surface area (Å²) in [6, 6.07) is 7.07. The number of aryl methyl sites for hydroxylation is 1. The Morgan fingerprint density at radius 3 is 2.86 bits per heavy atom. The predicted molar refractivity (Wildman–Crippen MR) is 139 cm³/mol. The smallest absolute Gasteiger partial charge is 0.219 e. The number of carbonyl (C=O) groups is 1. The summed E-state index contributed by atoms with van der Waals surface area (Å²) in [6.07, 6.45) is 8.00. The highest BCUT2D eigenvalue weighted by atomic mass is 16.5. The number of carbonyl (C=O) groups excluding carboxylic acids is 1. The third-order valence-electron chi connectivity index (χ3n) is 7.71. The number of anilines is 1. The molecule has 1 aromatic heterocycles. The molecule has 0 spiro atoms. The first kappa shape index (κ1) is 23.7. The molecule has 35 heavy (non-hydrogen) atoms. The van der Waals surface area contributed by atoms with Gasteiger partial charge in [0.1, 0.15) is 0 Å². The predicted octanol–water partition coefficient (Wildman–Crippen LogP) is 3.87. The Morgan fingerprint density at radius 2 is 2.17 bits per heavy atom. The second-order valence-corrected chi connectivity index (χ2v) is 10.1. The van der Waals surface area contributed by atoms with E-state index in [9.17, 15) is 4.79 Å². The molecule has 0 saturated carbocycles. The van der Waals surface area contributed by atoms with Gasteiger partial charge in [0.05, 0.1) is 18.8 Å². The van der Waals surface area contributed by atoms with Crippen molar-refractivity contribution in [3.63, 3.8) is 0 Å². The monoisotopic (exact) mass is 475 g/mol. The maximum atomic E-state index is 12.3. The van der Waals surface area contributed by atoms with E-state index in [1.807, 2.05) is 22.8 Å². The van der Waals surface area contributed by atoms with Gasteiger partial charge >= 0.3 is 0 Å². The molecule has 4 heterocycles. The number of hydrogen-bond acceptors (Lipinski definition) is 5. The van der Waals surface area contributed by atoms with Gasteiger partial charge in [0.25, 0.3) is 0 Å². The van der Waals surface area contributed by atoms with Crippen LogP contribution in [-0.4, -0.2) is 59.5 Å². The number of nitrogens with one attached hydrogen (secondary N) is 1. The van der Waals surface area contributed by atoms with E-state index in [4.69, 9.17) is 4.74 Å². The zero-order valence-electron chi connectivity index (χ0n) is 21.2. The van der Waals surface area contributed by atoms with Crippen molar-refractivity contribution in [1.82, 2.24) is 20.0 Å². The molecule has 1 aromatic carbocycles. The van der Waals surface area contributed by atoms with Crippen molar-refractivity contribution < 1.29 is 9.53 Å². The van der Waals surface area contributed by atoms with E-state index in [0.29, 0.717) is 18.5 Å². The molecule has 3 aliphatic heterocycles. The second kappa shape index (κ2) is 9.90. The molecule has 1 saturated heterocycles. The highest BCUT2D eigenvalue weighted by Crippen LogP contribution is 2.38. The quantitative estimate of drug-likeness (QED) is 0.687. The van der Waals surface area contributed by atoms with Crippen molar-refractivity contribution in [3.8, 4) is 11.1 Å². The van der Waals surface area contributed by atoms with E-state index >= 15 is 0 Å². The van der Waals surface area contributed by atoms with Crippen LogP contribution in [0.15, 0.2) is 54.1 Å². The molecular formula is C28H37N5O2. The minimum absolute atomic E-state index is 0.116. The number of amides is 1. The molecule has 2 aromatic rings. The van der Waals surface area contributed by atoms with Crippen LogP contribution in [0.1, 0.15) is 38.7 Å². The van der Waals surface area contributed by atoms with Crippen LogP contribution in [0.25, 0.3) is 11.1 Å². The molecule has 2 unspecified atom stereocenters. The van der Waals surface area contributed by atoms with E-state index in [2.05, 4.69) is 53.2 Å². The standard InChI is InChI=1S/C28H37N5O2/c1-5-21-12-23-13-22(24-14-29-31(4)16-24)6-7-28(23)33(15-21)19(2)26-17-32(20(3)34)10-8-27(26)30-25-9-11-35-18-25/h6-7,13-14,16,21,25,30H,2,5,8-12,15,17-18H2,1,3-4H3. The van der Waals surface area contributed by atoms with Gasteiger partial charge in [-0.15, -0.1) is 0 Å². The maximum absolute atomic E-state index is 12.3. The average molecular weight is 476 g/mol. The molecule has 0 aliphatic carbocycles. The largest absolute Gasteiger partial charge is 0.383 e. The van der Waals surface area contributed by atoms with Crippen molar-refractivity contribution in [1.29, 1.82) is 0 Å². The zero-order valence-corrected chi connectivity index (χ0v) is 21.2. The van der Waals surface area contributed by atoms with Crippen LogP contribution in [0.2, 0.25) is 0 Å². The summed E-state index contributed by atoms with van der Waals surface area (Å²) >= 11 is 0. The summed E-state index contributed by atoms with van der Waals surface area (Å²) in [5.41, 5.74) is 8.28. The van der Waals surface area contributed by atoms with Gasteiger partial charge in [0.15, 0.2) is 0 Å². The molecule has 1 fully saturated rings. The zero-order chi connectivity index (χ0) is 24.5. The van der Waals surface area contributed by atoms with Crippen molar-refractivity contribution in [2.24, 2.45) is 13.0 Å². The van der Waals surface area contributed by atoms with E-state index in [1.54, 1.807) is 6.92 Å². The normalized spacial score (nSPS) is 22.4. The second-order valence-electron chi connectivity index (χ2n) is 10.1. The van der Waals surface area contributed by atoms with Crippen molar-refractivity contribution in [2.45, 2.75) is 45.6 Å². The molecule has 0 bridgehead atoms. The molecule has 7 heteroatoms. The van der Waals surface area contributed by atoms with Crippen LogP contribution >= 0.6 is 0 Å². The van der Waals surface area contributed by atoms with Crippen molar-refractivity contribution in [3.05, 3.63) is 59.7 Å². The van der Waals surface area contributed by atoms with Crippen LogP contribution < -0.4 is 10.2 Å². The third kappa shape index (κ3) is 4.87. The summed E-state index contributed by atoms with van der Waals surface area (Å²) in [4.78, 5) is 16.6. The van der Waals surface area contributed by atoms with Gasteiger partial charge in [-0.05, 0) is 42.0 Å². The van der Waals surface area contributed by atoms with E-state index in [-0.39, 0.29) is 5.91 Å². The number of rotatable bonds is 6. The fourth-order valence-electron chi connectivity index (χ4n) is 5.54. The van der Waals surface area contributed by atoms with E-state index in [1.165, 1.54) is 22.5 Å². The van der Waals surface area contributed by atoms with Crippen LogP contribution in [0.5, 0.6) is 0 Å². The number of ether oxygens (including phenoxy) is 1. The van der Waals surface area contributed by atoms with Gasteiger partial charge < -0.3 is 19.9 Å². The number of benzene rings is 1. The van der Waals surface area contributed by atoms with Gasteiger partial charge in [-0.25, -0.2) is 0 Å².